The number of fused-ring (bicyclic) bond motifs is 5. The van der Waals surface area contributed by atoms with Crippen LogP contribution in [0.2, 0.25) is 17.3 Å². The minimum absolute atomic E-state index is 0. The average molecular weight is 1140 g/mol. The second kappa shape index (κ2) is 19.2. The van der Waals surface area contributed by atoms with Crippen molar-refractivity contribution in [3.8, 4) is 50.6 Å². The molecule has 0 aliphatic heterocycles. The summed E-state index contributed by atoms with van der Waals surface area (Å²) in [5, 5.41) is 4.88. The maximum absolute atomic E-state index is 8.44. The van der Waals surface area contributed by atoms with Gasteiger partial charge in [0.15, 0.2) is 0 Å². The molecule has 0 unspecified atom stereocenters. The van der Waals surface area contributed by atoms with Crippen LogP contribution < -0.4 is 4.40 Å². The van der Waals surface area contributed by atoms with Crippen LogP contribution in [-0.4, -0.2) is 27.8 Å². The minimum Gasteiger partial charge on any atom is 0 e. The fourth-order valence-corrected chi connectivity index (χ4v) is 13.8. The van der Waals surface area contributed by atoms with Crippen molar-refractivity contribution < 1.29 is 21.5 Å². The maximum atomic E-state index is 8.44. The van der Waals surface area contributed by atoms with Crippen LogP contribution in [0, 0.1) is 12.1 Å². The molecule has 0 N–H and O–H groups in total. The van der Waals surface area contributed by atoms with E-state index in [2.05, 4.69) is 211 Å². The van der Waals surface area contributed by atoms with Gasteiger partial charge in [-0.2, -0.15) is 11.3 Å². The van der Waals surface area contributed by atoms with Gasteiger partial charge in [-0.25, -0.2) is 0 Å². The predicted octanol–water partition coefficient (Wildman–Crippen LogP) is 16.9. The van der Waals surface area contributed by atoms with Crippen molar-refractivity contribution >= 4 is 71.0 Å². The molecular formula is C62H55GeIrN3S-2. The van der Waals surface area contributed by atoms with Gasteiger partial charge in [0.05, 0.1) is 22.5 Å². The first-order valence-corrected chi connectivity index (χ1v) is 31.3. The third kappa shape index (κ3) is 9.18. The Morgan fingerprint density at radius 2 is 1.35 bits per heavy atom. The molecule has 0 atom stereocenters. The van der Waals surface area contributed by atoms with Crippen LogP contribution >= 0.6 is 11.3 Å². The Morgan fingerprint density at radius 1 is 0.662 bits per heavy atom. The van der Waals surface area contributed by atoms with E-state index in [4.69, 9.17) is 6.35 Å². The number of imidazole rings is 1. The summed E-state index contributed by atoms with van der Waals surface area (Å²) in [7, 11) is 0. The number of nitrogens with zero attached hydrogens (tertiary/aromatic N) is 3. The van der Waals surface area contributed by atoms with Gasteiger partial charge >= 0.3 is 120 Å². The number of hydrogen-bond acceptors (Lipinski definition) is 3. The molecule has 6 heteroatoms. The summed E-state index contributed by atoms with van der Waals surface area (Å²) in [5.41, 5.74) is 13.3. The van der Waals surface area contributed by atoms with Gasteiger partial charge in [-0.05, 0) is 66.7 Å². The number of pyridine rings is 1. The molecule has 3 nitrogen and oxygen atoms in total. The first-order valence-electron chi connectivity index (χ1n) is 23.6. The number of aromatic nitrogens is 3. The van der Waals surface area contributed by atoms with E-state index >= 15 is 0 Å². The Balaban J connectivity index is 0.000000238. The molecule has 3 aromatic heterocycles. The van der Waals surface area contributed by atoms with Gasteiger partial charge in [0.1, 0.15) is 0 Å². The Kier molecular flexibility index (Phi) is 12.9. The quantitative estimate of drug-likeness (QED) is 0.118. The fraction of sp³-hybridized carbons (Fsp3) is 0.161. The van der Waals surface area contributed by atoms with E-state index in [0.717, 1.165) is 39.2 Å². The van der Waals surface area contributed by atoms with Crippen molar-refractivity contribution in [3.63, 3.8) is 0 Å². The summed E-state index contributed by atoms with van der Waals surface area (Å²) in [6.07, 6.45) is 2.00. The Bertz CT molecular complexity index is 3620. The standard InChI is InChI=1S/C45H33N2S.C17H22GeN.Ir/c1-45(2,3)38-23-13-20-34(30-16-8-5-9-17-30)42(38)47-40-27-32-19-11-10-18-31(32)26-39(40)46-44(47)37-22-12-21-36-35-25-24-33(28-41(35)48-43(36)37)29-14-6-4-7-15-29;1-13(2)15-11-17(14-9-7-6-8-10-14)19-12-16(15)18(3,4)5;/h4-21,23-28H,1-3H3;6-9,11-13H,1-5H3;/q2*-1;/i;13D;. The van der Waals surface area contributed by atoms with Crippen molar-refractivity contribution in [2.45, 2.75) is 63.2 Å². The summed E-state index contributed by atoms with van der Waals surface area (Å²) in [5.74, 6) is 7.36. The van der Waals surface area contributed by atoms with Crippen LogP contribution in [0.4, 0.5) is 0 Å². The minimum atomic E-state index is -2.03. The molecule has 0 aliphatic rings. The van der Waals surface area contributed by atoms with E-state index < -0.39 is 19.2 Å². The molecule has 11 rings (SSSR count). The van der Waals surface area contributed by atoms with Crippen LogP contribution in [0.5, 0.6) is 0 Å². The number of hydrogen-bond donors (Lipinski definition) is 0. The van der Waals surface area contributed by atoms with Gasteiger partial charge in [0.2, 0.25) is 0 Å². The molecular weight excluding hydrogens is 1080 g/mol. The molecule has 0 aliphatic carbocycles. The van der Waals surface area contributed by atoms with Gasteiger partial charge in [-0.15, -0.1) is 18.2 Å². The topological polar surface area (TPSA) is 30.7 Å². The molecule has 0 spiro atoms. The van der Waals surface area contributed by atoms with Crippen LogP contribution in [-0.2, 0) is 25.5 Å². The van der Waals surface area contributed by atoms with E-state index in [1.165, 1.54) is 68.8 Å². The molecule has 0 saturated heterocycles. The zero-order chi connectivity index (χ0) is 47.4. The van der Waals surface area contributed by atoms with Crippen LogP contribution in [0.3, 0.4) is 0 Å². The van der Waals surface area contributed by atoms with Crippen molar-refractivity contribution in [2.24, 2.45) is 0 Å². The van der Waals surface area contributed by atoms with Crippen LogP contribution in [0.15, 0.2) is 182 Å². The molecule has 8 aromatic carbocycles. The number of para-hydroxylation sites is 1. The van der Waals surface area contributed by atoms with Crippen molar-refractivity contribution in [1.29, 1.82) is 0 Å². The smallest absolute Gasteiger partial charge is 0 e. The second-order valence-electron chi connectivity index (χ2n) is 19.7. The summed E-state index contributed by atoms with van der Waals surface area (Å²) in [4.78, 5) is 10.1. The molecule has 68 heavy (non-hydrogen) atoms. The normalized spacial score (nSPS) is 12.2. The van der Waals surface area contributed by atoms with E-state index in [-0.39, 0.29) is 25.5 Å². The summed E-state index contributed by atoms with van der Waals surface area (Å²) >= 11 is -0.191. The van der Waals surface area contributed by atoms with Crippen LogP contribution in [0.1, 0.15) is 53.0 Å². The fourth-order valence-electron chi connectivity index (χ4n) is 9.28. The average Bonchev–Trinajstić information content (AvgIpc) is 3.90. The number of benzene rings is 8. The van der Waals surface area contributed by atoms with Crippen molar-refractivity contribution in [3.05, 3.63) is 205 Å². The SMILES string of the molecule is CC(C)(C)c1cccc(-c2ccccc2)c1-n1c(-c2[c-]ccc3c2sc2cc(-c4ccccc4)ccc23)nc2cc3ccccc3cc21.[2H]C(C)(C)c1cc(-c2[c-]cccc2)nc[c]1[Ge]([CH3])([CH3])[CH3].[Ir]. The van der Waals surface area contributed by atoms with E-state index in [1.807, 2.05) is 55.6 Å². The number of thiophene rings is 1. The molecule has 3 heterocycles. The number of rotatable bonds is 7. The summed E-state index contributed by atoms with van der Waals surface area (Å²) < 4.78 is 14.7. The van der Waals surface area contributed by atoms with Crippen LogP contribution in [0.25, 0.3) is 92.6 Å². The van der Waals surface area contributed by atoms with Crippen molar-refractivity contribution in [1.82, 2.24) is 14.5 Å². The second-order valence-corrected chi connectivity index (χ2v) is 31.3. The monoisotopic (exact) mass is 1140 g/mol. The van der Waals surface area contributed by atoms with E-state index in [1.54, 1.807) is 0 Å². The third-order valence-electron chi connectivity index (χ3n) is 12.7. The summed E-state index contributed by atoms with van der Waals surface area (Å²) in [6.45, 7) is 10.8. The zero-order valence-corrected chi connectivity index (χ0v) is 45.2. The van der Waals surface area contributed by atoms with Gasteiger partial charge in [0, 0.05) is 30.4 Å². The molecule has 11 aromatic rings. The van der Waals surface area contributed by atoms with Gasteiger partial charge < -0.3 is 4.57 Å². The maximum Gasteiger partial charge on any atom is 0 e. The molecule has 339 valence electrons. The molecule has 0 bridgehead atoms. The predicted molar refractivity (Wildman–Crippen MR) is 291 cm³/mol. The first-order chi connectivity index (χ1) is 32.6. The Labute approximate surface area is 423 Å². The molecule has 0 amide bonds. The largest absolute Gasteiger partial charge is 0 e. The van der Waals surface area contributed by atoms with E-state index in [0.29, 0.717) is 0 Å². The Morgan fingerprint density at radius 3 is 2.03 bits per heavy atom. The molecule has 1 radical (unpaired) electrons. The van der Waals surface area contributed by atoms with Gasteiger partial charge in [-0.1, -0.05) is 147 Å². The molecule has 0 saturated carbocycles. The first kappa shape index (κ1) is 45.8. The Hall–Kier alpha value is -5.95. The zero-order valence-electron chi connectivity index (χ0n) is 40.9. The van der Waals surface area contributed by atoms with Crippen molar-refractivity contribution in [2.75, 3.05) is 0 Å². The summed E-state index contributed by atoms with van der Waals surface area (Å²) in [6, 6.07) is 69.3. The van der Waals surface area contributed by atoms with Gasteiger partial charge in [-0.3, -0.25) is 4.98 Å². The van der Waals surface area contributed by atoms with Gasteiger partial charge in [0.25, 0.3) is 0 Å². The third-order valence-corrected chi connectivity index (χ3v) is 18.1. The van der Waals surface area contributed by atoms with E-state index in [9.17, 15) is 0 Å². The molecule has 0 fully saturated rings.